The Labute approximate surface area is 106 Å². The predicted molar refractivity (Wildman–Crippen MR) is 67.5 cm³/mol. The van der Waals surface area contributed by atoms with Crippen molar-refractivity contribution in [2.24, 2.45) is 5.41 Å². The summed E-state index contributed by atoms with van der Waals surface area (Å²) in [5.41, 5.74) is -0.653. The highest BCUT2D eigenvalue weighted by Gasteiger charge is 2.39. The lowest BCUT2D eigenvalue weighted by molar-refractivity contribution is -0.147. The predicted octanol–water partition coefficient (Wildman–Crippen LogP) is 0.645. The van der Waals surface area contributed by atoms with Gasteiger partial charge in [0.2, 0.25) is 0 Å². The fraction of sp³-hybridized carbons (Fsp3) is 0.538. The molecule has 1 aliphatic heterocycles. The van der Waals surface area contributed by atoms with Crippen LogP contribution in [0.25, 0.3) is 0 Å². The highest BCUT2D eigenvalue weighted by molar-refractivity contribution is 5.74. The molecule has 0 radical (unpaired) electrons. The standard InChI is InChI=1S/C13H18N2O3/c1-13(12(17)18)5-7-14(10-13)8-9-15-6-3-2-4-11(15)16/h2-4,6H,5,7-10H2,1H3,(H,17,18). The minimum Gasteiger partial charge on any atom is -0.481 e. The van der Waals surface area contributed by atoms with Gasteiger partial charge in [-0.1, -0.05) is 6.07 Å². The summed E-state index contributed by atoms with van der Waals surface area (Å²) in [4.78, 5) is 24.7. The van der Waals surface area contributed by atoms with E-state index in [2.05, 4.69) is 4.90 Å². The Morgan fingerprint density at radius 1 is 1.44 bits per heavy atom. The molecule has 0 bridgehead atoms. The Morgan fingerprint density at radius 2 is 2.22 bits per heavy atom. The highest BCUT2D eigenvalue weighted by Crippen LogP contribution is 2.29. The second kappa shape index (κ2) is 4.94. The molecule has 1 aliphatic rings. The van der Waals surface area contributed by atoms with Crippen molar-refractivity contribution in [1.29, 1.82) is 0 Å². The fourth-order valence-electron chi connectivity index (χ4n) is 2.32. The van der Waals surface area contributed by atoms with Crippen molar-refractivity contribution in [3.63, 3.8) is 0 Å². The third kappa shape index (κ3) is 2.61. The molecule has 5 nitrogen and oxygen atoms in total. The van der Waals surface area contributed by atoms with Crippen molar-refractivity contribution < 1.29 is 9.90 Å². The van der Waals surface area contributed by atoms with Crippen LogP contribution in [0, 0.1) is 5.41 Å². The van der Waals surface area contributed by atoms with Gasteiger partial charge in [0.1, 0.15) is 0 Å². The minimum absolute atomic E-state index is 0.0160. The molecule has 1 unspecified atom stereocenters. The largest absolute Gasteiger partial charge is 0.481 e. The molecule has 2 rings (SSSR count). The molecule has 1 N–H and O–H groups in total. The fourth-order valence-corrected chi connectivity index (χ4v) is 2.32. The van der Waals surface area contributed by atoms with Gasteiger partial charge in [-0.25, -0.2) is 0 Å². The summed E-state index contributed by atoms with van der Waals surface area (Å²) in [7, 11) is 0. The number of aromatic nitrogens is 1. The van der Waals surface area contributed by atoms with Gasteiger partial charge in [0.15, 0.2) is 0 Å². The van der Waals surface area contributed by atoms with Gasteiger partial charge >= 0.3 is 5.97 Å². The molecule has 0 spiro atoms. The Balaban J connectivity index is 1.92. The summed E-state index contributed by atoms with van der Waals surface area (Å²) < 4.78 is 1.65. The average Bonchev–Trinajstić information content (AvgIpc) is 2.72. The summed E-state index contributed by atoms with van der Waals surface area (Å²) in [6.45, 7) is 4.44. The smallest absolute Gasteiger partial charge is 0.310 e. The zero-order valence-electron chi connectivity index (χ0n) is 10.5. The highest BCUT2D eigenvalue weighted by atomic mass is 16.4. The molecule has 0 saturated carbocycles. The molecule has 1 fully saturated rings. The number of carboxylic acid groups (broad SMARTS) is 1. The lowest BCUT2D eigenvalue weighted by Gasteiger charge is -2.20. The summed E-state index contributed by atoms with van der Waals surface area (Å²) in [5.74, 6) is -0.734. The molecule has 0 aromatic carbocycles. The summed E-state index contributed by atoms with van der Waals surface area (Å²) in [6.07, 6.45) is 2.43. The molecule has 5 heteroatoms. The number of hydrogen-bond acceptors (Lipinski definition) is 3. The van der Waals surface area contributed by atoms with Crippen LogP contribution < -0.4 is 5.56 Å². The first-order valence-corrected chi connectivity index (χ1v) is 6.12. The van der Waals surface area contributed by atoms with E-state index in [0.29, 0.717) is 26.1 Å². The lowest BCUT2D eigenvalue weighted by Crippen LogP contribution is -2.34. The van der Waals surface area contributed by atoms with Crippen molar-refractivity contribution in [3.8, 4) is 0 Å². The van der Waals surface area contributed by atoms with Crippen LogP contribution >= 0.6 is 0 Å². The molecule has 1 atom stereocenters. The zero-order valence-corrected chi connectivity index (χ0v) is 10.5. The van der Waals surface area contributed by atoms with Gasteiger partial charge in [-0.15, -0.1) is 0 Å². The zero-order chi connectivity index (χ0) is 13.2. The molecule has 0 amide bonds. The Bertz CT molecular complexity index is 497. The average molecular weight is 250 g/mol. The van der Waals surface area contributed by atoms with Crippen LogP contribution in [0.5, 0.6) is 0 Å². The van der Waals surface area contributed by atoms with E-state index in [0.717, 1.165) is 6.54 Å². The van der Waals surface area contributed by atoms with Crippen molar-refractivity contribution >= 4 is 5.97 Å². The first kappa shape index (κ1) is 12.8. The number of pyridine rings is 1. The van der Waals surface area contributed by atoms with Gasteiger partial charge in [-0.2, -0.15) is 0 Å². The van der Waals surface area contributed by atoms with Gasteiger partial charge in [0, 0.05) is 31.9 Å². The Kier molecular flexibility index (Phi) is 3.52. The third-order valence-corrected chi connectivity index (χ3v) is 3.62. The van der Waals surface area contributed by atoms with E-state index >= 15 is 0 Å². The van der Waals surface area contributed by atoms with Gasteiger partial charge in [0.25, 0.3) is 5.56 Å². The summed E-state index contributed by atoms with van der Waals surface area (Å²) in [5, 5.41) is 9.14. The van der Waals surface area contributed by atoms with Crippen LogP contribution in [0.2, 0.25) is 0 Å². The number of hydrogen-bond donors (Lipinski definition) is 1. The molecule has 0 aliphatic carbocycles. The maximum absolute atomic E-state index is 11.5. The third-order valence-electron chi connectivity index (χ3n) is 3.62. The second-order valence-corrected chi connectivity index (χ2v) is 5.12. The van der Waals surface area contributed by atoms with Crippen molar-refractivity contribution in [3.05, 3.63) is 34.7 Å². The number of aliphatic carboxylic acids is 1. The van der Waals surface area contributed by atoms with E-state index in [1.54, 1.807) is 23.8 Å². The minimum atomic E-state index is -0.734. The van der Waals surface area contributed by atoms with Crippen LogP contribution in [-0.4, -0.2) is 40.2 Å². The quantitative estimate of drug-likeness (QED) is 0.852. The molecule has 1 aromatic heterocycles. The molecule has 98 valence electrons. The van der Waals surface area contributed by atoms with Crippen LogP contribution in [0.3, 0.4) is 0 Å². The molecular formula is C13H18N2O3. The number of likely N-dealkylation sites (tertiary alicyclic amines) is 1. The van der Waals surface area contributed by atoms with Crippen LogP contribution in [0.1, 0.15) is 13.3 Å². The Hall–Kier alpha value is -1.62. The van der Waals surface area contributed by atoms with E-state index < -0.39 is 11.4 Å². The van der Waals surface area contributed by atoms with Gasteiger partial charge in [-0.3, -0.25) is 9.59 Å². The SMILES string of the molecule is CC1(C(=O)O)CCN(CCn2ccccc2=O)C1. The first-order valence-electron chi connectivity index (χ1n) is 6.12. The molecule has 1 saturated heterocycles. The van der Waals surface area contributed by atoms with E-state index in [-0.39, 0.29) is 5.56 Å². The summed E-state index contributed by atoms with van der Waals surface area (Å²) >= 11 is 0. The molecule has 18 heavy (non-hydrogen) atoms. The second-order valence-electron chi connectivity index (χ2n) is 5.12. The van der Waals surface area contributed by atoms with Gasteiger partial charge in [0.05, 0.1) is 5.41 Å². The van der Waals surface area contributed by atoms with Gasteiger partial charge in [-0.05, 0) is 26.0 Å². The van der Waals surface area contributed by atoms with Crippen LogP contribution in [0.4, 0.5) is 0 Å². The number of nitrogens with zero attached hydrogens (tertiary/aromatic N) is 2. The molecule has 2 heterocycles. The van der Waals surface area contributed by atoms with E-state index in [1.807, 2.05) is 6.07 Å². The van der Waals surface area contributed by atoms with Crippen LogP contribution in [-0.2, 0) is 11.3 Å². The van der Waals surface area contributed by atoms with E-state index in [9.17, 15) is 9.59 Å². The lowest BCUT2D eigenvalue weighted by atomic mass is 9.90. The topological polar surface area (TPSA) is 62.5 Å². The van der Waals surface area contributed by atoms with Crippen LogP contribution in [0.15, 0.2) is 29.2 Å². The monoisotopic (exact) mass is 250 g/mol. The van der Waals surface area contributed by atoms with Gasteiger partial charge < -0.3 is 14.6 Å². The molecular weight excluding hydrogens is 232 g/mol. The van der Waals surface area contributed by atoms with Crippen molar-refractivity contribution in [2.75, 3.05) is 19.6 Å². The van der Waals surface area contributed by atoms with E-state index in [1.165, 1.54) is 6.07 Å². The summed E-state index contributed by atoms with van der Waals surface area (Å²) in [6, 6.07) is 5.08. The maximum atomic E-state index is 11.5. The number of carboxylic acids is 1. The van der Waals surface area contributed by atoms with Crippen molar-refractivity contribution in [1.82, 2.24) is 9.47 Å². The number of carbonyl (C=O) groups is 1. The number of rotatable bonds is 4. The van der Waals surface area contributed by atoms with Crippen molar-refractivity contribution in [2.45, 2.75) is 19.9 Å². The Morgan fingerprint density at radius 3 is 2.83 bits per heavy atom. The van der Waals surface area contributed by atoms with E-state index in [4.69, 9.17) is 5.11 Å². The molecule has 1 aromatic rings. The maximum Gasteiger partial charge on any atom is 0.310 e. The first-order chi connectivity index (χ1) is 8.51. The normalized spacial score (nSPS) is 24.3.